The second kappa shape index (κ2) is 6.92. The zero-order chi connectivity index (χ0) is 18.1. The Balaban J connectivity index is 2.49. The average molecular weight is 401 g/mol. The highest BCUT2D eigenvalue weighted by molar-refractivity contribution is 9.10. The summed E-state index contributed by atoms with van der Waals surface area (Å²) in [4.78, 5) is 24.1. The first kappa shape index (κ1) is 19.1. The Bertz CT molecular complexity index is 640. The van der Waals surface area contributed by atoms with E-state index in [1.165, 1.54) is 6.07 Å². The Labute approximate surface area is 149 Å². The molecule has 1 aromatic carbocycles. The standard InChI is InChI=1S/C18H22BrFO4/c1-11-14(9-21)18(10-23-11,8-16(22)24-17(2,3)4)13-7-12(19)5-6-15(13)20/h5-7,9,11,14H,8,10H2,1-4H3/t11-,14-,18+/m1/s1. The molecule has 1 aromatic rings. The SMILES string of the molecule is C[C@H]1OC[C@@](CC(=O)OC(C)(C)C)(c2cc(Br)ccc2F)[C@@H]1C=O. The Morgan fingerprint density at radius 1 is 1.50 bits per heavy atom. The van der Waals surface area contributed by atoms with Crippen LogP contribution in [0.3, 0.4) is 0 Å². The molecule has 0 aromatic heterocycles. The van der Waals surface area contributed by atoms with Gasteiger partial charge in [-0.25, -0.2) is 4.39 Å². The van der Waals surface area contributed by atoms with Crippen LogP contribution >= 0.6 is 15.9 Å². The van der Waals surface area contributed by atoms with Gasteiger partial charge < -0.3 is 14.3 Å². The Morgan fingerprint density at radius 3 is 2.75 bits per heavy atom. The number of hydrogen-bond donors (Lipinski definition) is 0. The van der Waals surface area contributed by atoms with Gasteiger partial charge >= 0.3 is 5.97 Å². The molecule has 2 rings (SSSR count). The second-order valence-electron chi connectivity index (χ2n) is 7.22. The molecule has 1 aliphatic heterocycles. The maximum absolute atomic E-state index is 14.5. The molecule has 0 bridgehead atoms. The predicted octanol–water partition coefficient (Wildman–Crippen LogP) is 3.79. The number of hydrogen-bond acceptors (Lipinski definition) is 4. The summed E-state index contributed by atoms with van der Waals surface area (Å²) in [6.45, 7) is 7.14. The monoisotopic (exact) mass is 400 g/mol. The van der Waals surface area contributed by atoms with Gasteiger partial charge in [-0.05, 0) is 51.5 Å². The van der Waals surface area contributed by atoms with Crippen molar-refractivity contribution in [2.75, 3.05) is 6.61 Å². The van der Waals surface area contributed by atoms with Crippen molar-refractivity contribution in [2.45, 2.75) is 51.2 Å². The van der Waals surface area contributed by atoms with E-state index in [1.54, 1.807) is 39.8 Å². The van der Waals surface area contributed by atoms with Crippen molar-refractivity contribution in [2.24, 2.45) is 5.92 Å². The lowest BCUT2D eigenvalue weighted by atomic mass is 9.69. The number of aldehydes is 1. The number of ether oxygens (including phenoxy) is 2. The molecule has 3 atom stereocenters. The normalized spacial score (nSPS) is 27.1. The van der Waals surface area contributed by atoms with Gasteiger partial charge in [0, 0.05) is 9.89 Å². The highest BCUT2D eigenvalue weighted by Crippen LogP contribution is 2.45. The van der Waals surface area contributed by atoms with Gasteiger partial charge in [0.05, 0.1) is 25.0 Å². The Hall–Kier alpha value is -1.27. The maximum Gasteiger partial charge on any atom is 0.307 e. The molecule has 0 spiro atoms. The van der Waals surface area contributed by atoms with Gasteiger partial charge in [0.25, 0.3) is 0 Å². The number of carbonyl (C=O) groups excluding carboxylic acids is 2. The second-order valence-corrected chi connectivity index (χ2v) is 8.14. The Morgan fingerprint density at radius 2 is 2.17 bits per heavy atom. The van der Waals surface area contributed by atoms with E-state index in [-0.39, 0.29) is 13.0 Å². The van der Waals surface area contributed by atoms with Crippen molar-refractivity contribution >= 4 is 28.2 Å². The first-order valence-electron chi connectivity index (χ1n) is 7.83. The summed E-state index contributed by atoms with van der Waals surface area (Å²) in [5.41, 5.74) is -1.43. The fourth-order valence-electron chi connectivity index (χ4n) is 3.21. The van der Waals surface area contributed by atoms with E-state index in [4.69, 9.17) is 9.47 Å². The van der Waals surface area contributed by atoms with Gasteiger partial charge in [0.2, 0.25) is 0 Å². The smallest absolute Gasteiger partial charge is 0.307 e. The lowest BCUT2D eigenvalue weighted by Crippen LogP contribution is -2.41. The highest BCUT2D eigenvalue weighted by atomic mass is 79.9. The van der Waals surface area contributed by atoms with E-state index in [2.05, 4.69) is 15.9 Å². The van der Waals surface area contributed by atoms with Gasteiger partial charge in [0.1, 0.15) is 17.7 Å². The topological polar surface area (TPSA) is 52.6 Å². The molecule has 1 heterocycles. The number of rotatable bonds is 4. The van der Waals surface area contributed by atoms with Gasteiger partial charge in [-0.3, -0.25) is 4.79 Å². The molecule has 0 aliphatic carbocycles. The van der Waals surface area contributed by atoms with E-state index in [0.29, 0.717) is 10.0 Å². The molecule has 1 fully saturated rings. The molecular formula is C18H22BrFO4. The third-order valence-corrected chi connectivity index (χ3v) is 4.73. The predicted molar refractivity (Wildman–Crippen MR) is 91.2 cm³/mol. The Kier molecular flexibility index (Phi) is 5.50. The van der Waals surface area contributed by atoms with Crippen molar-refractivity contribution in [3.05, 3.63) is 34.1 Å². The highest BCUT2D eigenvalue weighted by Gasteiger charge is 2.52. The number of benzene rings is 1. The molecule has 24 heavy (non-hydrogen) atoms. The first-order chi connectivity index (χ1) is 11.1. The third kappa shape index (κ3) is 3.86. The quantitative estimate of drug-likeness (QED) is 0.569. The van der Waals surface area contributed by atoms with Crippen LogP contribution in [0.25, 0.3) is 0 Å². The van der Waals surface area contributed by atoms with Crippen molar-refractivity contribution in [1.29, 1.82) is 0 Å². The fraction of sp³-hybridized carbons (Fsp3) is 0.556. The molecule has 132 valence electrons. The van der Waals surface area contributed by atoms with Crippen LogP contribution in [0.5, 0.6) is 0 Å². The van der Waals surface area contributed by atoms with E-state index >= 15 is 0 Å². The van der Waals surface area contributed by atoms with Gasteiger partial charge in [-0.1, -0.05) is 15.9 Å². The van der Waals surface area contributed by atoms with Gasteiger partial charge in [0.15, 0.2) is 0 Å². The summed E-state index contributed by atoms with van der Waals surface area (Å²) in [6.07, 6.45) is 0.233. The molecule has 6 heteroatoms. The number of halogens is 2. The summed E-state index contributed by atoms with van der Waals surface area (Å²) in [5.74, 6) is -1.58. The largest absolute Gasteiger partial charge is 0.460 e. The van der Waals surface area contributed by atoms with E-state index in [0.717, 1.165) is 6.29 Å². The van der Waals surface area contributed by atoms with Crippen LogP contribution in [0.15, 0.2) is 22.7 Å². The molecule has 0 amide bonds. The zero-order valence-corrected chi connectivity index (χ0v) is 15.9. The zero-order valence-electron chi connectivity index (χ0n) is 14.3. The summed E-state index contributed by atoms with van der Waals surface area (Å²) in [7, 11) is 0. The molecule has 4 nitrogen and oxygen atoms in total. The van der Waals surface area contributed by atoms with Crippen molar-refractivity contribution in [1.82, 2.24) is 0 Å². The van der Waals surface area contributed by atoms with Crippen molar-refractivity contribution in [3.8, 4) is 0 Å². The molecule has 1 saturated heterocycles. The van der Waals surface area contributed by atoms with Crippen LogP contribution < -0.4 is 0 Å². The lowest BCUT2D eigenvalue weighted by Gasteiger charge is -2.33. The van der Waals surface area contributed by atoms with Crippen LogP contribution in [0.4, 0.5) is 4.39 Å². The van der Waals surface area contributed by atoms with E-state index < -0.39 is 34.8 Å². The minimum atomic E-state index is -1.07. The van der Waals surface area contributed by atoms with Crippen LogP contribution in [-0.2, 0) is 24.5 Å². The minimum Gasteiger partial charge on any atom is -0.460 e. The van der Waals surface area contributed by atoms with E-state index in [9.17, 15) is 14.0 Å². The van der Waals surface area contributed by atoms with Gasteiger partial charge in [-0.2, -0.15) is 0 Å². The third-order valence-electron chi connectivity index (χ3n) is 4.24. The van der Waals surface area contributed by atoms with Crippen LogP contribution in [-0.4, -0.2) is 30.6 Å². The van der Waals surface area contributed by atoms with Crippen LogP contribution in [0.1, 0.15) is 39.7 Å². The van der Waals surface area contributed by atoms with E-state index in [1.807, 2.05) is 0 Å². The molecule has 0 N–H and O–H groups in total. The summed E-state index contributed by atoms with van der Waals surface area (Å²) < 4.78 is 26.3. The molecular weight excluding hydrogens is 379 g/mol. The average Bonchev–Trinajstić information content (AvgIpc) is 2.76. The summed E-state index contributed by atoms with van der Waals surface area (Å²) in [6, 6.07) is 4.51. The molecule has 0 radical (unpaired) electrons. The van der Waals surface area contributed by atoms with Gasteiger partial charge in [-0.15, -0.1) is 0 Å². The van der Waals surface area contributed by atoms with Crippen LogP contribution in [0.2, 0.25) is 0 Å². The minimum absolute atomic E-state index is 0.0875. The fourth-order valence-corrected chi connectivity index (χ4v) is 3.57. The maximum atomic E-state index is 14.5. The molecule has 1 aliphatic rings. The summed E-state index contributed by atoms with van der Waals surface area (Å²) >= 11 is 3.33. The molecule has 0 unspecified atom stereocenters. The first-order valence-corrected chi connectivity index (χ1v) is 8.62. The number of carbonyl (C=O) groups is 2. The van der Waals surface area contributed by atoms with Crippen molar-refractivity contribution < 1.29 is 23.5 Å². The number of esters is 1. The van der Waals surface area contributed by atoms with Crippen LogP contribution in [0, 0.1) is 11.7 Å². The molecule has 0 saturated carbocycles. The lowest BCUT2D eigenvalue weighted by molar-refractivity contribution is -0.156. The summed E-state index contributed by atoms with van der Waals surface area (Å²) in [5, 5.41) is 0. The van der Waals surface area contributed by atoms with Crippen molar-refractivity contribution in [3.63, 3.8) is 0 Å².